The van der Waals surface area contributed by atoms with Crippen LogP contribution in [0.2, 0.25) is 0 Å². The molecule has 0 aliphatic rings. The lowest BCUT2D eigenvalue weighted by Gasteiger charge is -2.14. The van der Waals surface area contributed by atoms with Crippen molar-refractivity contribution >= 4 is 22.4 Å². The third kappa shape index (κ3) is 3.79. The molecule has 6 nitrogen and oxygen atoms in total. The Kier molecular flexibility index (Phi) is 5.45. The number of nitrogens with zero attached hydrogens (tertiary/aromatic N) is 1. The van der Waals surface area contributed by atoms with Gasteiger partial charge in [-0.25, -0.2) is 4.79 Å². The lowest BCUT2D eigenvalue weighted by atomic mass is 9.99. The molecule has 1 aromatic heterocycles. The number of rotatable bonds is 6. The molecule has 1 heterocycles. The topological polar surface area (TPSA) is 83.7 Å². The second-order valence-electron chi connectivity index (χ2n) is 6.01. The fourth-order valence-electron chi connectivity index (χ4n) is 3.03. The van der Waals surface area contributed by atoms with Crippen LogP contribution in [0.5, 0.6) is 11.5 Å². The van der Waals surface area contributed by atoms with Crippen LogP contribution in [0.25, 0.3) is 10.8 Å². The molecule has 0 spiro atoms. The Balaban J connectivity index is 2.19. The van der Waals surface area contributed by atoms with Crippen molar-refractivity contribution in [3.05, 3.63) is 59.4 Å². The molecule has 0 aliphatic carbocycles. The molecule has 3 rings (SSSR count). The molecule has 2 aromatic carbocycles. The van der Waals surface area contributed by atoms with Crippen molar-refractivity contribution in [3.63, 3.8) is 0 Å². The highest BCUT2D eigenvalue weighted by atomic mass is 16.5. The molecule has 0 amide bonds. The van der Waals surface area contributed by atoms with Crippen LogP contribution in [-0.4, -0.2) is 31.8 Å². The summed E-state index contributed by atoms with van der Waals surface area (Å²) in [5.74, 6) is 0.691. The van der Waals surface area contributed by atoms with Crippen molar-refractivity contribution in [1.82, 2.24) is 4.98 Å². The van der Waals surface area contributed by atoms with E-state index in [-0.39, 0.29) is 0 Å². The van der Waals surface area contributed by atoms with Gasteiger partial charge < -0.3 is 19.9 Å². The molecular weight excluding hydrogens is 344 g/mol. The maximum absolute atomic E-state index is 12.4. The largest absolute Gasteiger partial charge is 0.493 e. The summed E-state index contributed by atoms with van der Waals surface area (Å²) in [4.78, 5) is 16.9. The number of carbonyl (C=O) groups is 1. The molecule has 2 N–H and O–H groups in total. The molecule has 27 heavy (non-hydrogen) atoms. The van der Waals surface area contributed by atoms with Crippen molar-refractivity contribution in [3.8, 4) is 11.5 Å². The smallest absolute Gasteiger partial charge is 0.340 e. The summed E-state index contributed by atoms with van der Waals surface area (Å²) in [7, 11) is 3.13. The fourth-order valence-corrected chi connectivity index (χ4v) is 3.03. The number of nitrogens with two attached hydrogens (primary N) is 1. The highest BCUT2D eigenvalue weighted by molar-refractivity contribution is 6.05. The van der Waals surface area contributed by atoms with Crippen LogP contribution >= 0.6 is 0 Å². The molecule has 0 saturated carbocycles. The quantitative estimate of drug-likeness (QED) is 0.530. The average molecular weight is 366 g/mol. The van der Waals surface area contributed by atoms with Crippen LogP contribution in [0.1, 0.15) is 28.5 Å². The molecule has 0 bridgehead atoms. The van der Waals surface area contributed by atoms with Crippen LogP contribution in [0, 0.1) is 0 Å². The van der Waals surface area contributed by atoms with Gasteiger partial charge in [0.15, 0.2) is 11.5 Å². The summed E-state index contributed by atoms with van der Waals surface area (Å²) in [5, 5.41) is 1.51. The van der Waals surface area contributed by atoms with E-state index in [0.29, 0.717) is 41.2 Å². The van der Waals surface area contributed by atoms with Crippen LogP contribution in [0.4, 0.5) is 5.69 Å². The Morgan fingerprint density at radius 2 is 1.78 bits per heavy atom. The van der Waals surface area contributed by atoms with Gasteiger partial charge in [0, 0.05) is 29.1 Å². The number of pyridine rings is 1. The summed E-state index contributed by atoms with van der Waals surface area (Å²) in [6, 6.07) is 11.3. The standard InChI is InChI=1S/C21H22N2O4/c1-4-27-21(24)17-12-23-18(9-13-6-5-7-14(22)8-13)16-11-20(26-3)19(25-2)10-15(16)17/h5-8,10-12H,4,9,22H2,1-3H3. The molecule has 0 atom stereocenters. The van der Waals surface area contributed by atoms with E-state index >= 15 is 0 Å². The summed E-state index contributed by atoms with van der Waals surface area (Å²) in [5.41, 5.74) is 8.81. The summed E-state index contributed by atoms with van der Waals surface area (Å²) < 4.78 is 16.0. The number of nitrogen functional groups attached to an aromatic ring is 1. The minimum Gasteiger partial charge on any atom is -0.493 e. The zero-order valence-corrected chi connectivity index (χ0v) is 15.6. The zero-order chi connectivity index (χ0) is 19.4. The lowest BCUT2D eigenvalue weighted by Crippen LogP contribution is -2.08. The minimum atomic E-state index is -0.419. The highest BCUT2D eigenvalue weighted by Crippen LogP contribution is 2.35. The van der Waals surface area contributed by atoms with E-state index in [0.717, 1.165) is 16.6 Å². The molecular formula is C21H22N2O4. The average Bonchev–Trinajstić information content (AvgIpc) is 2.67. The fraction of sp³-hybridized carbons (Fsp3) is 0.238. The number of benzene rings is 2. The van der Waals surface area contributed by atoms with Gasteiger partial charge in [0.05, 0.1) is 32.1 Å². The van der Waals surface area contributed by atoms with Crippen LogP contribution in [0.15, 0.2) is 42.6 Å². The van der Waals surface area contributed by atoms with E-state index in [1.165, 1.54) is 0 Å². The lowest BCUT2D eigenvalue weighted by molar-refractivity contribution is 0.0528. The van der Waals surface area contributed by atoms with Crippen molar-refractivity contribution in [2.45, 2.75) is 13.3 Å². The molecule has 0 aliphatic heterocycles. The van der Waals surface area contributed by atoms with E-state index in [4.69, 9.17) is 19.9 Å². The number of hydrogen-bond acceptors (Lipinski definition) is 6. The number of anilines is 1. The molecule has 0 radical (unpaired) electrons. The third-order valence-corrected chi connectivity index (χ3v) is 4.29. The second-order valence-corrected chi connectivity index (χ2v) is 6.01. The SMILES string of the molecule is CCOC(=O)c1cnc(Cc2cccc(N)c2)c2cc(OC)c(OC)cc12. The Bertz CT molecular complexity index is 985. The zero-order valence-electron chi connectivity index (χ0n) is 15.6. The van der Waals surface area contributed by atoms with Gasteiger partial charge in [0.25, 0.3) is 0 Å². The number of methoxy groups -OCH3 is 2. The minimum absolute atomic E-state index is 0.290. The Labute approximate surface area is 157 Å². The summed E-state index contributed by atoms with van der Waals surface area (Å²) >= 11 is 0. The number of hydrogen-bond donors (Lipinski definition) is 1. The first-order valence-electron chi connectivity index (χ1n) is 8.62. The van der Waals surface area contributed by atoms with E-state index in [2.05, 4.69) is 4.98 Å². The van der Waals surface area contributed by atoms with Crippen LogP contribution in [0.3, 0.4) is 0 Å². The van der Waals surface area contributed by atoms with Gasteiger partial charge in [-0.2, -0.15) is 0 Å². The molecule has 0 fully saturated rings. The number of fused-ring (bicyclic) bond motifs is 1. The van der Waals surface area contributed by atoms with Gasteiger partial charge in [-0.05, 0) is 36.8 Å². The first-order valence-corrected chi connectivity index (χ1v) is 8.62. The Morgan fingerprint density at radius 1 is 1.07 bits per heavy atom. The van der Waals surface area contributed by atoms with Gasteiger partial charge in [-0.15, -0.1) is 0 Å². The van der Waals surface area contributed by atoms with Gasteiger partial charge in [0.2, 0.25) is 0 Å². The highest BCUT2D eigenvalue weighted by Gasteiger charge is 2.18. The molecule has 0 unspecified atom stereocenters. The number of esters is 1. The monoisotopic (exact) mass is 366 g/mol. The second kappa shape index (κ2) is 7.95. The van der Waals surface area contributed by atoms with E-state index in [9.17, 15) is 4.79 Å². The number of carbonyl (C=O) groups excluding carboxylic acids is 1. The van der Waals surface area contributed by atoms with E-state index < -0.39 is 5.97 Å². The van der Waals surface area contributed by atoms with Gasteiger partial charge in [-0.3, -0.25) is 4.98 Å². The summed E-state index contributed by atoms with van der Waals surface area (Å²) in [6.07, 6.45) is 2.12. The predicted octanol–water partition coefficient (Wildman–Crippen LogP) is 3.60. The number of ether oxygens (including phenoxy) is 3. The molecule has 0 saturated heterocycles. The van der Waals surface area contributed by atoms with E-state index in [1.54, 1.807) is 33.4 Å². The first-order chi connectivity index (χ1) is 13.1. The van der Waals surface area contributed by atoms with Crippen molar-refractivity contribution in [2.24, 2.45) is 0 Å². The van der Waals surface area contributed by atoms with Gasteiger partial charge >= 0.3 is 5.97 Å². The molecule has 3 aromatic rings. The maximum atomic E-state index is 12.4. The third-order valence-electron chi connectivity index (χ3n) is 4.29. The number of aromatic nitrogens is 1. The summed E-state index contributed by atoms with van der Waals surface area (Å²) in [6.45, 7) is 2.06. The van der Waals surface area contributed by atoms with Crippen molar-refractivity contribution in [1.29, 1.82) is 0 Å². The Hall–Kier alpha value is -3.28. The first kappa shape index (κ1) is 18.5. The normalized spacial score (nSPS) is 10.6. The van der Waals surface area contributed by atoms with Crippen molar-refractivity contribution < 1.29 is 19.0 Å². The Morgan fingerprint density at radius 3 is 2.41 bits per heavy atom. The van der Waals surface area contributed by atoms with Crippen molar-refractivity contribution in [2.75, 3.05) is 26.6 Å². The molecule has 6 heteroatoms. The maximum Gasteiger partial charge on any atom is 0.340 e. The predicted molar refractivity (Wildman–Crippen MR) is 104 cm³/mol. The van der Waals surface area contributed by atoms with Gasteiger partial charge in [0.1, 0.15) is 0 Å². The molecule has 140 valence electrons. The van der Waals surface area contributed by atoms with Crippen LogP contribution in [-0.2, 0) is 11.2 Å². The van der Waals surface area contributed by atoms with E-state index in [1.807, 2.05) is 30.3 Å². The van der Waals surface area contributed by atoms with Gasteiger partial charge in [-0.1, -0.05) is 12.1 Å². The van der Waals surface area contributed by atoms with Crippen LogP contribution < -0.4 is 15.2 Å².